The van der Waals surface area contributed by atoms with E-state index in [-0.39, 0.29) is 5.91 Å². The van der Waals surface area contributed by atoms with Gasteiger partial charge in [-0.3, -0.25) is 4.79 Å². The van der Waals surface area contributed by atoms with Crippen molar-refractivity contribution in [3.63, 3.8) is 0 Å². The first-order chi connectivity index (χ1) is 11.2. The van der Waals surface area contributed by atoms with E-state index >= 15 is 0 Å². The topological polar surface area (TPSA) is 50.7 Å². The van der Waals surface area contributed by atoms with Gasteiger partial charge in [-0.1, -0.05) is 0 Å². The highest BCUT2D eigenvalue weighted by molar-refractivity contribution is 8.18. The third kappa shape index (κ3) is 3.83. The molecule has 3 rings (SSSR count). The molecule has 0 spiro atoms. The molecule has 0 saturated carbocycles. The Morgan fingerprint density at radius 2 is 2.04 bits per heavy atom. The molecule has 2 heterocycles. The van der Waals surface area contributed by atoms with Crippen molar-refractivity contribution in [1.82, 2.24) is 5.32 Å². The quantitative estimate of drug-likeness (QED) is 0.839. The monoisotopic (exact) mass is 344 g/mol. The van der Waals surface area contributed by atoms with Gasteiger partial charge in [-0.05, 0) is 73.0 Å². The lowest BCUT2D eigenvalue weighted by atomic mass is 10.3. The Kier molecular flexibility index (Phi) is 4.83. The van der Waals surface area contributed by atoms with Crippen molar-refractivity contribution in [2.24, 2.45) is 4.99 Å². The van der Waals surface area contributed by atoms with Crippen LogP contribution in [0.2, 0.25) is 0 Å². The van der Waals surface area contributed by atoms with Crippen molar-refractivity contribution < 1.29 is 9.53 Å². The molecule has 1 N–H and O–H groups in total. The van der Waals surface area contributed by atoms with Crippen LogP contribution < -0.4 is 10.1 Å². The lowest BCUT2D eigenvalue weighted by Crippen LogP contribution is -2.19. The number of carbonyl (C=O) groups is 1. The number of aryl methyl sites for hydroxylation is 1. The van der Waals surface area contributed by atoms with Crippen LogP contribution in [-0.4, -0.2) is 17.7 Å². The zero-order valence-electron chi connectivity index (χ0n) is 12.8. The summed E-state index contributed by atoms with van der Waals surface area (Å²) in [4.78, 5) is 18.3. The Balaban J connectivity index is 1.76. The number of benzene rings is 1. The predicted molar refractivity (Wildman–Crippen MR) is 97.5 cm³/mol. The summed E-state index contributed by atoms with van der Waals surface area (Å²) in [6.07, 6.45) is 1.92. The average Bonchev–Trinajstić information content (AvgIpc) is 3.08. The number of nitrogens with one attached hydrogen (secondary N) is 1. The second-order valence-corrected chi connectivity index (χ2v) is 6.85. The molecule has 1 aromatic carbocycles. The second-order valence-electron chi connectivity index (χ2n) is 4.88. The van der Waals surface area contributed by atoms with E-state index in [2.05, 4.69) is 10.3 Å². The van der Waals surface area contributed by atoms with Crippen molar-refractivity contribution in [2.45, 2.75) is 13.8 Å². The van der Waals surface area contributed by atoms with Gasteiger partial charge in [0.2, 0.25) is 0 Å². The van der Waals surface area contributed by atoms with Crippen LogP contribution >= 0.6 is 23.1 Å². The van der Waals surface area contributed by atoms with Crippen molar-refractivity contribution in [2.75, 3.05) is 6.61 Å². The van der Waals surface area contributed by atoms with E-state index in [1.165, 1.54) is 17.3 Å². The van der Waals surface area contributed by atoms with Gasteiger partial charge in [-0.15, -0.1) is 11.3 Å². The molecule has 1 aliphatic heterocycles. The van der Waals surface area contributed by atoms with Gasteiger partial charge in [0.1, 0.15) is 5.75 Å². The molecule has 0 atom stereocenters. The van der Waals surface area contributed by atoms with Crippen LogP contribution in [0.1, 0.15) is 17.4 Å². The largest absolute Gasteiger partial charge is 0.494 e. The summed E-state index contributed by atoms with van der Waals surface area (Å²) < 4.78 is 5.40. The Morgan fingerprint density at radius 1 is 1.26 bits per heavy atom. The minimum atomic E-state index is -0.104. The Hall–Kier alpha value is -2.05. The molecule has 1 amide bonds. The minimum Gasteiger partial charge on any atom is -0.494 e. The third-order valence-corrected chi connectivity index (χ3v) is 5.07. The molecule has 1 aromatic heterocycles. The molecular formula is C17H16N2O2S2. The zero-order valence-corrected chi connectivity index (χ0v) is 14.5. The van der Waals surface area contributed by atoms with Gasteiger partial charge in [0, 0.05) is 4.88 Å². The molecule has 0 radical (unpaired) electrons. The fourth-order valence-electron chi connectivity index (χ4n) is 2.03. The van der Waals surface area contributed by atoms with E-state index in [1.807, 2.05) is 55.6 Å². The van der Waals surface area contributed by atoms with Crippen molar-refractivity contribution in [1.29, 1.82) is 0 Å². The number of ether oxygens (including phenoxy) is 1. The van der Waals surface area contributed by atoms with E-state index in [1.54, 1.807) is 11.3 Å². The van der Waals surface area contributed by atoms with Crippen LogP contribution in [0.4, 0.5) is 5.69 Å². The van der Waals surface area contributed by atoms with Gasteiger partial charge >= 0.3 is 0 Å². The maximum atomic E-state index is 12.1. The van der Waals surface area contributed by atoms with Crippen molar-refractivity contribution in [3.05, 3.63) is 51.1 Å². The van der Waals surface area contributed by atoms with E-state index < -0.39 is 0 Å². The molecule has 1 aliphatic rings. The highest BCUT2D eigenvalue weighted by Crippen LogP contribution is 2.30. The van der Waals surface area contributed by atoms with Crippen molar-refractivity contribution in [3.8, 4) is 5.75 Å². The second kappa shape index (κ2) is 7.02. The number of aliphatic imine (C=N–C) groups is 1. The lowest BCUT2D eigenvalue weighted by molar-refractivity contribution is -0.115. The number of amides is 1. The molecule has 2 aromatic rings. The van der Waals surface area contributed by atoms with Crippen LogP contribution in [0.25, 0.3) is 6.08 Å². The molecule has 4 nitrogen and oxygen atoms in total. The Bertz CT molecular complexity index is 776. The van der Waals surface area contributed by atoms with Gasteiger partial charge in [-0.2, -0.15) is 0 Å². The number of hydrogen-bond donors (Lipinski definition) is 1. The number of amidine groups is 1. The van der Waals surface area contributed by atoms with Crippen LogP contribution in [0.15, 0.2) is 45.6 Å². The molecule has 0 aliphatic carbocycles. The SMILES string of the molecule is CCOc1ccc(N=C2NC(=O)/C(=C\c3sccc3C)S2)cc1. The highest BCUT2D eigenvalue weighted by atomic mass is 32.2. The number of nitrogens with zero attached hydrogens (tertiary/aromatic N) is 1. The van der Waals surface area contributed by atoms with Crippen molar-refractivity contribution >= 4 is 45.9 Å². The molecule has 0 unspecified atom stereocenters. The summed E-state index contributed by atoms with van der Waals surface area (Å²) in [6, 6.07) is 9.53. The van der Waals surface area contributed by atoms with E-state index in [0.717, 1.165) is 16.3 Å². The van der Waals surface area contributed by atoms with Gasteiger partial charge in [0.05, 0.1) is 17.2 Å². The maximum absolute atomic E-state index is 12.1. The smallest absolute Gasteiger partial charge is 0.264 e. The van der Waals surface area contributed by atoms with Gasteiger partial charge < -0.3 is 10.1 Å². The minimum absolute atomic E-state index is 0.104. The number of thioether (sulfide) groups is 1. The van der Waals surface area contributed by atoms with E-state index in [0.29, 0.717) is 16.7 Å². The summed E-state index contributed by atoms with van der Waals surface area (Å²) in [5, 5.41) is 5.42. The molecule has 23 heavy (non-hydrogen) atoms. The van der Waals surface area contributed by atoms with Crippen LogP contribution in [0.3, 0.4) is 0 Å². The third-order valence-electron chi connectivity index (χ3n) is 3.19. The molecular weight excluding hydrogens is 328 g/mol. The fourth-order valence-corrected chi connectivity index (χ4v) is 3.79. The summed E-state index contributed by atoms with van der Waals surface area (Å²) in [5.41, 5.74) is 1.96. The number of hydrogen-bond acceptors (Lipinski definition) is 5. The Labute approximate surface area is 143 Å². The molecule has 1 fully saturated rings. The zero-order chi connectivity index (χ0) is 16.2. The van der Waals surface area contributed by atoms with E-state index in [4.69, 9.17) is 4.74 Å². The normalized spacial score (nSPS) is 17.7. The number of carbonyl (C=O) groups excluding carboxylic acids is 1. The molecule has 0 bridgehead atoms. The first-order valence-corrected chi connectivity index (χ1v) is 8.92. The summed E-state index contributed by atoms with van der Waals surface area (Å²) in [6.45, 7) is 4.62. The molecule has 1 saturated heterocycles. The number of thiophene rings is 1. The van der Waals surface area contributed by atoms with Crippen LogP contribution in [0, 0.1) is 6.92 Å². The molecule has 118 valence electrons. The summed E-state index contributed by atoms with van der Waals surface area (Å²) in [5.74, 6) is 0.709. The first-order valence-electron chi connectivity index (χ1n) is 7.22. The predicted octanol–water partition coefficient (Wildman–Crippen LogP) is 4.35. The van der Waals surface area contributed by atoms with Gasteiger partial charge in [0.15, 0.2) is 5.17 Å². The lowest BCUT2D eigenvalue weighted by Gasteiger charge is -2.02. The van der Waals surface area contributed by atoms with Gasteiger partial charge in [0.25, 0.3) is 5.91 Å². The fraction of sp³-hybridized carbons (Fsp3) is 0.176. The first kappa shape index (κ1) is 15.8. The highest BCUT2D eigenvalue weighted by Gasteiger charge is 2.24. The Morgan fingerprint density at radius 3 is 2.70 bits per heavy atom. The standard InChI is InChI=1S/C17H16N2O2S2/c1-3-21-13-6-4-12(5-7-13)18-17-19-16(20)15(23-17)10-14-11(2)8-9-22-14/h4-10H,3H2,1-2H3,(H,18,19,20)/b15-10+. The summed E-state index contributed by atoms with van der Waals surface area (Å²) >= 11 is 2.99. The maximum Gasteiger partial charge on any atom is 0.264 e. The average molecular weight is 344 g/mol. The summed E-state index contributed by atoms with van der Waals surface area (Å²) in [7, 11) is 0. The molecule has 6 heteroatoms. The van der Waals surface area contributed by atoms with Crippen LogP contribution in [0.5, 0.6) is 5.75 Å². The van der Waals surface area contributed by atoms with E-state index in [9.17, 15) is 4.79 Å². The number of rotatable bonds is 4. The van der Waals surface area contributed by atoms with Gasteiger partial charge in [-0.25, -0.2) is 4.99 Å². The van der Waals surface area contributed by atoms with Crippen LogP contribution in [-0.2, 0) is 4.79 Å².